The van der Waals surface area contributed by atoms with Crippen molar-refractivity contribution in [3.8, 4) is 0 Å². The molecule has 0 aliphatic rings. The summed E-state index contributed by atoms with van der Waals surface area (Å²) in [5.74, 6) is -1.22. The SMILES string of the molecule is CCOC(=O)CC(=O)OCc1nc2c(NCc3c(C)cccc3C)cccn2c1C. The number of hydrogen-bond acceptors (Lipinski definition) is 6. The third kappa shape index (κ3) is 4.79. The van der Waals surface area contributed by atoms with E-state index in [1.807, 2.05) is 29.7 Å². The minimum absolute atomic E-state index is 0.00208. The summed E-state index contributed by atoms with van der Waals surface area (Å²) in [6.45, 7) is 8.74. The van der Waals surface area contributed by atoms with Crippen LogP contribution in [-0.4, -0.2) is 27.9 Å². The molecule has 0 spiro atoms. The van der Waals surface area contributed by atoms with E-state index >= 15 is 0 Å². The molecule has 30 heavy (non-hydrogen) atoms. The van der Waals surface area contributed by atoms with Crippen LogP contribution in [0.1, 0.15) is 41.4 Å². The van der Waals surface area contributed by atoms with Gasteiger partial charge in [0, 0.05) is 18.4 Å². The van der Waals surface area contributed by atoms with E-state index in [4.69, 9.17) is 9.47 Å². The molecule has 0 bridgehead atoms. The van der Waals surface area contributed by atoms with Gasteiger partial charge in [0.25, 0.3) is 0 Å². The van der Waals surface area contributed by atoms with Crippen molar-refractivity contribution < 1.29 is 19.1 Å². The highest BCUT2D eigenvalue weighted by atomic mass is 16.6. The lowest BCUT2D eigenvalue weighted by atomic mass is 10.0. The number of rotatable bonds is 8. The number of aryl methyl sites for hydroxylation is 3. The molecule has 3 aromatic rings. The molecule has 7 heteroatoms. The number of benzene rings is 1. The predicted molar refractivity (Wildman–Crippen MR) is 114 cm³/mol. The number of carbonyl (C=O) groups is 2. The van der Waals surface area contributed by atoms with Crippen LogP contribution in [0.15, 0.2) is 36.5 Å². The van der Waals surface area contributed by atoms with Gasteiger partial charge in [-0.15, -0.1) is 0 Å². The maximum atomic E-state index is 11.8. The molecule has 1 N–H and O–H groups in total. The van der Waals surface area contributed by atoms with Crippen LogP contribution in [0.25, 0.3) is 5.65 Å². The second-order valence-electron chi connectivity index (χ2n) is 7.13. The molecule has 0 saturated carbocycles. The fourth-order valence-corrected chi connectivity index (χ4v) is 3.35. The summed E-state index contributed by atoms with van der Waals surface area (Å²) in [5, 5.41) is 3.48. The number of hydrogen-bond donors (Lipinski definition) is 1. The molecule has 0 unspecified atom stereocenters. The van der Waals surface area contributed by atoms with Crippen LogP contribution in [-0.2, 0) is 32.2 Å². The highest BCUT2D eigenvalue weighted by molar-refractivity contribution is 5.91. The number of nitrogens with zero attached hydrogens (tertiary/aromatic N) is 2. The van der Waals surface area contributed by atoms with Crippen molar-refractivity contribution in [3.63, 3.8) is 0 Å². The zero-order valence-electron chi connectivity index (χ0n) is 17.8. The number of esters is 2. The van der Waals surface area contributed by atoms with Crippen LogP contribution in [0.5, 0.6) is 0 Å². The monoisotopic (exact) mass is 409 g/mol. The van der Waals surface area contributed by atoms with Gasteiger partial charge in [0.05, 0.1) is 18.0 Å². The van der Waals surface area contributed by atoms with Gasteiger partial charge < -0.3 is 19.2 Å². The summed E-state index contributed by atoms with van der Waals surface area (Å²) >= 11 is 0. The van der Waals surface area contributed by atoms with E-state index < -0.39 is 18.4 Å². The number of anilines is 1. The maximum Gasteiger partial charge on any atom is 0.317 e. The van der Waals surface area contributed by atoms with Crippen molar-refractivity contribution >= 4 is 23.3 Å². The largest absolute Gasteiger partial charge is 0.466 e. The van der Waals surface area contributed by atoms with Crippen LogP contribution in [0, 0.1) is 20.8 Å². The van der Waals surface area contributed by atoms with E-state index in [1.165, 1.54) is 16.7 Å². The zero-order chi connectivity index (χ0) is 21.7. The topological polar surface area (TPSA) is 81.9 Å². The second kappa shape index (κ2) is 9.43. The van der Waals surface area contributed by atoms with Crippen molar-refractivity contribution in [3.05, 3.63) is 64.6 Å². The van der Waals surface area contributed by atoms with Crippen molar-refractivity contribution in [2.75, 3.05) is 11.9 Å². The van der Waals surface area contributed by atoms with E-state index in [1.54, 1.807) is 6.92 Å². The van der Waals surface area contributed by atoms with Gasteiger partial charge in [-0.1, -0.05) is 18.2 Å². The number of fused-ring (bicyclic) bond motifs is 1. The van der Waals surface area contributed by atoms with Crippen LogP contribution in [0.3, 0.4) is 0 Å². The molecular formula is C23H27N3O4. The Morgan fingerprint density at radius 3 is 2.43 bits per heavy atom. The second-order valence-corrected chi connectivity index (χ2v) is 7.13. The van der Waals surface area contributed by atoms with Crippen LogP contribution < -0.4 is 5.32 Å². The Labute approximate surface area is 176 Å². The van der Waals surface area contributed by atoms with Crippen molar-refractivity contribution in [1.29, 1.82) is 0 Å². The summed E-state index contributed by atoms with van der Waals surface area (Å²) in [5.41, 5.74) is 6.92. The third-order valence-electron chi connectivity index (χ3n) is 5.05. The lowest BCUT2D eigenvalue weighted by Gasteiger charge is -2.12. The van der Waals surface area contributed by atoms with Crippen molar-refractivity contribution in [1.82, 2.24) is 9.38 Å². The molecule has 0 fully saturated rings. The molecule has 0 atom stereocenters. The first kappa shape index (κ1) is 21.4. The Morgan fingerprint density at radius 2 is 1.73 bits per heavy atom. The van der Waals surface area contributed by atoms with Gasteiger partial charge in [-0.25, -0.2) is 4.98 Å². The summed E-state index contributed by atoms with van der Waals surface area (Å²) in [7, 11) is 0. The first-order valence-corrected chi connectivity index (χ1v) is 9.97. The van der Waals surface area contributed by atoms with E-state index in [2.05, 4.69) is 42.3 Å². The van der Waals surface area contributed by atoms with Crippen molar-refractivity contribution in [2.24, 2.45) is 0 Å². The van der Waals surface area contributed by atoms with Gasteiger partial charge in [0.15, 0.2) is 5.65 Å². The Bertz CT molecular complexity index is 1050. The first-order valence-electron chi connectivity index (χ1n) is 9.97. The van der Waals surface area contributed by atoms with Gasteiger partial charge in [-0.3, -0.25) is 9.59 Å². The molecule has 0 saturated heterocycles. The molecule has 2 heterocycles. The van der Waals surface area contributed by atoms with E-state index in [0.717, 1.165) is 17.0 Å². The Hall–Kier alpha value is -3.35. The number of carbonyl (C=O) groups excluding carboxylic acids is 2. The molecule has 158 valence electrons. The van der Waals surface area contributed by atoms with Gasteiger partial charge in [-0.05, 0) is 56.5 Å². The molecule has 2 aromatic heterocycles. The van der Waals surface area contributed by atoms with Crippen molar-refractivity contribution in [2.45, 2.75) is 47.3 Å². The number of pyridine rings is 1. The van der Waals surface area contributed by atoms with Gasteiger partial charge in [0.2, 0.25) is 0 Å². The molecule has 0 amide bonds. The molecule has 3 rings (SSSR count). The highest BCUT2D eigenvalue weighted by Crippen LogP contribution is 2.22. The summed E-state index contributed by atoms with van der Waals surface area (Å²) in [6.07, 6.45) is 1.52. The summed E-state index contributed by atoms with van der Waals surface area (Å²) in [6, 6.07) is 10.2. The van der Waals surface area contributed by atoms with Gasteiger partial charge in [0.1, 0.15) is 13.0 Å². The van der Waals surface area contributed by atoms with E-state index in [0.29, 0.717) is 12.2 Å². The first-order chi connectivity index (χ1) is 14.4. The fourth-order valence-electron chi connectivity index (χ4n) is 3.35. The maximum absolute atomic E-state index is 11.8. The standard InChI is InChI=1S/C23H27N3O4/c1-5-29-21(27)12-22(28)30-14-20-17(4)26-11-7-10-19(23(26)25-20)24-13-18-15(2)8-6-9-16(18)3/h6-11,24H,5,12-14H2,1-4H3. The lowest BCUT2D eigenvalue weighted by molar-refractivity contribution is -0.155. The molecular weight excluding hydrogens is 382 g/mol. The minimum Gasteiger partial charge on any atom is -0.466 e. The Morgan fingerprint density at radius 1 is 1.03 bits per heavy atom. The fraction of sp³-hybridized carbons (Fsp3) is 0.348. The molecule has 7 nitrogen and oxygen atoms in total. The summed E-state index contributed by atoms with van der Waals surface area (Å²) in [4.78, 5) is 27.9. The summed E-state index contributed by atoms with van der Waals surface area (Å²) < 4.78 is 11.9. The lowest BCUT2D eigenvalue weighted by Crippen LogP contribution is -2.14. The average molecular weight is 409 g/mol. The normalized spacial score (nSPS) is 10.8. The van der Waals surface area contributed by atoms with Gasteiger partial charge in [-0.2, -0.15) is 0 Å². The minimum atomic E-state index is -0.627. The quantitative estimate of drug-likeness (QED) is 0.449. The Balaban J connectivity index is 1.74. The van der Waals surface area contributed by atoms with Crippen LogP contribution >= 0.6 is 0 Å². The predicted octanol–water partition coefficient (Wildman–Crippen LogP) is 3.87. The zero-order valence-corrected chi connectivity index (χ0v) is 17.8. The number of imidazole rings is 1. The average Bonchev–Trinajstić information content (AvgIpc) is 3.03. The Kier molecular flexibility index (Phi) is 6.72. The van der Waals surface area contributed by atoms with E-state index in [9.17, 15) is 9.59 Å². The molecule has 0 aliphatic heterocycles. The molecule has 0 radical (unpaired) electrons. The molecule has 1 aromatic carbocycles. The van der Waals surface area contributed by atoms with Crippen LogP contribution in [0.4, 0.5) is 5.69 Å². The van der Waals surface area contributed by atoms with E-state index in [-0.39, 0.29) is 13.2 Å². The number of aromatic nitrogens is 2. The third-order valence-corrected chi connectivity index (χ3v) is 5.05. The smallest absolute Gasteiger partial charge is 0.317 e. The van der Waals surface area contributed by atoms with Crippen LogP contribution in [0.2, 0.25) is 0 Å². The van der Waals surface area contributed by atoms with Gasteiger partial charge >= 0.3 is 11.9 Å². The number of nitrogens with one attached hydrogen (secondary N) is 1. The molecule has 0 aliphatic carbocycles. The number of ether oxygens (including phenoxy) is 2. The highest BCUT2D eigenvalue weighted by Gasteiger charge is 2.16.